The van der Waals surface area contributed by atoms with Crippen molar-refractivity contribution in [1.82, 2.24) is 5.32 Å². The SMILES string of the molecule is C#CC(C)OC(=O)CNC(=O)OC(C)(C)C. The van der Waals surface area contributed by atoms with Crippen LogP contribution >= 0.6 is 0 Å². The first-order chi connectivity index (χ1) is 7.24. The van der Waals surface area contributed by atoms with Crippen LogP contribution in [0, 0.1) is 12.3 Å². The van der Waals surface area contributed by atoms with E-state index in [-0.39, 0.29) is 6.54 Å². The molecule has 0 aliphatic rings. The van der Waals surface area contributed by atoms with Crippen molar-refractivity contribution in [2.24, 2.45) is 0 Å². The Morgan fingerprint density at radius 3 is 2.44 bits per heavy atom. The Kier molecular flexibility index (Phi) is 5.37. The molecule has 0 aliphatic carbocycles. The summed E-state index contributed by atoms with van der Waals surface area (Å²) in [7, 11) is 0. The summed E-state index contributed by atoms with van der Waals surface area (Å²) < 4.78 is 9.66. The maximum absolute atomic E-state index is 11.1. The maximum Gasteiger partial charge on any atom is 0.408 e. The first-order valence-electron chi connectivity index (χ1n) is 4.87. The third kappa shape index (κ3) is 7.68. The van der Waals surface area contributed by atoms with Crippen LogP contribution in [-0.2, 0) is 14.3 Å². The van der Waals surface area contributed by atoms with E-state index in [4.69, 9.17) is 15.9 Å². The summed E-state index contributed by atoms with van der Waals surface area (Å²) in [5.41, 5.74) is -0.597. The van der Waals surface area contributed by atoms with Gasteiger partial charge in [0.25, 0.3) is 0 Å². The molecule has 16 heavy (non-hydrogen) atoms. The Morgan fingerprint density at radius 2 is 2.00 bits per heavy atom. The van der Waals surface area contributed by atoms with Gasteiger partial charge in [-0.3, -0.25) is 4.79 Å². The van der Waals surface area contributed by atoms with Crippen LogP contribution < -0.4 is 5.32 Å². The standard InChI is InChI=1S/C11H17NO4/c1-6-8(2)15-9(13)7-12-10(14)16-11(3,4)5/h1,8H,7H2,2-5H3,(H,12,14). The van der Waals surface area contributed by atoms with Crippen LogP contribution in [0.5, 0.6) is 0 Å². The largest absolute Gasteiger partial charge is 0.448 e. The van der Waals surface area contributed by atoms with Crippen LogP contribution in [-0.4, -0.2) is 30.3 Å². The van der Waals surface area contributed by atoms with Crippen LogP contribution in [0.4, 0.5) is 4.79 Å². The third-order valence-corrected chi connectivity index (χ3v) is 1.32. The van der Waals surface area contributed by atoms with E-state index < -0.39 is 23.8 Å². The summed E-state index contributed by atoms with van der Waals surface area (Å²) in [5.74, 6) is 1.63. The summed E-state index contributed by atoms with van der Waals surface area (Å²) in [4.78, 5) is 22.2. The van der Waals surface area contributed by atoms with Crippen molar-refractivity contribution >= 4 is 12.1 Å². The summed E-state index contributed by atoms with van der Waals surface area (Å²) >= 11 is 0. The van der Waals surface area contributed by atoms with E-state index in [1.165, 1.54) is 0 Å². The lowest BCUT2D eigenvalue weighted by Crippen LogP contribution is -2.36. The minimum Gasteiger partial charge on any atom is -0.448 e. The molecule has 0 aromatic carbocycles. The number of rotatable bonds is 3. The number of esters is 1. The fraction of sp³-hybridized carbons (Fsp3) is 0.636. The molecular weight excluding hydrogens is 210 g/mol. The predicted octanol–water partition coefficient (Wildman–Crippen LogP) is 1.08. The van der Waals surface area contributed by atoms with Gasteiger partial charge in [-0.25, -0.2) is 4.79 Å². The van der Waals surface area contributed by atoms with Gasteiger partial charge in [-0.05, 0) is 27.7 Å². The third-order valence-electron chi connectivity index (χ3n) is 1.32. The highest BCUT2D eigenvalue weighted by Crippen LogP contribution is 2.06. The predicted molar refractivity (Wildman–Crippen MR) is 58.6 cm³/mol. The highest BCUT2D eigenvalue weighted by atomic mass is 16.6. The molecule has 0 saturated carbocycles. The normalized spacial score (nSPS) is 12.2. The topological polar surface area (TPSA) is 64.6 Å². The molecule has 0 aromatic rings. The molecule has 0 fully saturated rings. The van der Waals surface area contributed by atoms with E-state index >= 15 is 0 Å². The van der Waals surface area contributed by atoms with Gasteiger partial charge in [0.1, 0.15) is 12.1 Å². The zero-order chi connectivity index (χ0) is 12.8. The minimum absolute atomic E-state index is 0.263. The summed E-state index contributed by atoms with van der Waals surface area (Å²) in [6.07, 6.45) is 3.75. The number of hydrogen-bond acceptors (Lipinski definition) is 4. The number of amides is 1. The van der Waals surface area contributed by atoms with E-state index in [0.29, 0.717) is 0 Å². The molecule has 1 unspecified atom stereocenters. The van der Waals surface area contributed by atoms with Gasteiger partial charge in [0, 0.05) is 0 Å². The molecule has 1 N–H and O–H groups in total. The molecule has 0 rings (SSSR count). The summed E-state index contributed by atoms with van der Waals surface area (Å²) in [5, 5.41) is 2.26. The van der Waals surface area contributed by atoms with E-state index in [1.54, 1.807) is 27.7 Å². The van der Waals surface area contributed by atoms with Crippen LogP contribution in [0.3, 0.4) is 0 Å². The fourth-order valence-electron chi connectivity index (χ4n) is 0.731. The molecule has 90 valence electrons. The van der Waals surface area contributed by atoms with Crippen molar-refractivity contribution in [2.45, 2.75) is 39.4 Å². The number of carbonyl (C=O) groups excluding carboxylic acids is 2. The lowest BCUT2D eigenvalue weighted by molar-refractivity contribution is -0.144. The lowest BCUT2D eigenvalue weighted by Gasteiger charge is -2.19. The quantitative estimate of drug-likeness (QED) is 0.578. The lowest BCUT2D eigenvalue weighted by atomic mass is 10.2. The number of hydrogen-bond donors (Lipinski definition) is 1. The average Bonchev–Trinajstić information content (AvgIpc) is 2.12. The van der Waals surface area contributed by atoms with Crippen molar-refractivity contribution in [3.05, 3.63) is 0 Å². The molecule has 0 spiro atoms. The molecule has 0 bridgehead atoms. The van der Waals surface area contributed by atoms with Gasteiger partial charge in [-0.2, -0.15) is 0 Å². The number of carbonyl (C=O) groups is 2. The number of ether oxygens (including phenoxy) is 2. The Bertz CT molecular complexity index is 298. The van der Waals surface area contributed by atoms with E-state index in [2.05, 4.69) is 11.2 Å². The van der Waals surface area contributed by atoms with Gasteiger partial charge in [-0.15, -0.1) is 6.42 Å². The summed E-state index contributed by atoms with van der Waals surface area (Å²) in [6, 6.07) is 0. The molecule has 1 amide bonds. The Morgan fingerprint density at radius 1 is 1.44 bits per heavy atom. The fourth-order valence-corrected chi connectivity index (χ4v) is 0.731. The van der Waals surface area contributed by atoms with Gasteiger partial charge in [-0.1, -0.05) is 5.92 Å². The Balaban J connectivity index is 3.86. The van der Waals surface area contributed by atoms with Gasteiger partial charge in [0.15, 0.2) is 6.10 Å². The van der Waals surface area contributed by atoms with Crippen LogP contribution in [0.15, 0.2) is 0 Å². The van der Waals surface area contributed by atoms with E-state index in [0.717, 1.165) is 0 Å². The molecule has 0 aromatic heterocycles. The highest BCUT2D eigenvalue weighted by Gasteiger charge is 2.17. The highest BCUT2D eigenvalue weighted by molar-refractivity contribution is 5.78. The van der Waals surface area contributed by atoms with Crippen molar-refractivity contribution in [2.75, 3.05) is 6.54 Å². The van der Waals surface area contributed by atoms with Crippen molar-refractivity contribution in [3.63, 3.8) is 0 Å². The minimum atomic E-state index is -0.669. The zero-order valence-electron chi connectivity index (χ0n) is 9.99. The van der Waals surface area contributed by atoms with Crippen LogP contribution in [0.25, 0.3) is 0 Å². The van der Waals surface area contributed by atoms with Crippen LogP contribution in [0.1, 0.15) is 27.7 Å². The molecule has 0 aliphatic heterocycles. The zero-order valence-corrected chi connectivity index (χ0v) is 9.99. The molecule has 5 heteroatoms. The van der Waals surface area contributed by atoms with Gasteiger partial charge >= 0.3 is 12.1 Å². The first-order valence-corrected chi connectivity index (χ1v) is 4.87. The molecule has 5 nitrogen and oxygen atoms in total. The number of nitrogens with one attached hydrogen (secondary N) is 1. The Labute approximate surface area is 95.5 Å². The Hall–Kier alpha value is -1.70. The van der Waals surface area contributed by atoms with Gasteiger partial charge in [0.05, 0.1) is 0 Å². The second-order valence-electron chi connectivity index (χ2n) is 4.15. The number of terminal acetylenes is 1. The van der Waals surface area contributed by atoms with E-state index in [1.807, 2.05) is 0 Å². The van der Waals surface area contributed by atoms with Crippen LogP contribution in [0.2, 0.25) is 0 Å². The smallest absolute Gasteiger partial charge is 0.408 e. The monoisotopic (exact) mass is 227 g/mol. The van der Waals surface area contributed by atoms with Crippen molar-refractivity contribution in [1.29, 1.82) is 0 Å². The molecule has 0 saturated heterocycles. The molecule has 1 atom stereocenters. The maximum atomic E-state index is 11.1. The van der Waals surface area contributed by atoms with Gasteiger partial charge in [0.2, 0.25) is 0 Å². The second kappa shape index (κ2) is 6.01. The second-order valence-corrected chi connectivity index (χ2v) is 4.15. The average molecular weight is 227 g/mol. The van der Waals surface area contributed by atoms with Crippen molar-refractivity contribution in [3.8, 4) is 12.3 Å². The number of alkyl carbamates (subject to hydrolysis) is 1. The van der Waals surface area contributed by atoms with Crippen molar-refractivity contribution < 1.29 is 19.1 Å². The first kappa shape index (κ1) is 14.3. The van der Waals surface area contributed by atoms with E-state index in [9.17, 15) is 9.59 Å². The molecule has 0 radical (unpaired) electrons. The molecular formula is C11H17NO4. The summed E-state index contributed by atoms with van der Waals surface area (Å²) in [6.45, 7) is 6.48. The van der Waals surface area contributed by atoms with Gasteiger partial charge < -0.3 is 14.8 Å². The molecule has 0 heterocycles.